The van der Waals surface area contributed by atoms with Gasteiger partial charge in [-0.3, -0.25) is 4.90 Å². The topological polar surface area (TPSA) is 63.4 Å². The predicted octanol–water partition coefficient (Wildman–Crippen LogP) is 2.41. The summed E-state index contributed by atoms with van der Waals surface area (Å²) in [6, 6.07) is 6.28. The Hall–Kier alpha value is -1.64. The first-order valence-corrected chi connectivity index (χ1v) is 9.26. The molecule has 1 aliphatic heterocycles. The maximum absolute atomic E-state index is 9.47. The molecule has 0 radical (unpaired) electrons. The molecule has 24 heavy (non-hydrogen) atoms. The summed E-state index contributed by atoms with van der Waals surface area (Å²) in [5, 5.41) is 18.4. The van der Waals surface area contributed by atoms with Gasteiger partial charge in [-0.2, -0.15) is 5.26 Å². The van der Waals surface area contributed by atoms with E-state index in [-0.39, 0.29) is 6.61 Å². The number of aromatic nitrogens is 1. The zero-order valence-electron chi connectivity index (χ0n) is 14.4. The summed E-state index contributed by atoms with van der Waals surface area (Å²) in [5.41, 5.74) is 0.599. The lowest BCUT2D eigenvalue weighted by molar-refractivity contribution is 0.112. The Morgan fingerprint density at radius 1 is 1.21 bits per heavy atom. The highest BCUT2D eigenvalue weighted by Crippen LogP contribution is 2.27. The van der Waals surface area contributed by atoms with Crippen LogP contribution in [0, 0.1) is 17.2 Å². The molecular weight excluding hydrogens is 300 g/mol. The Bertz CT molecular complexity index is 547. The SMILES string of the molecule is N#Cc1ccc(N2CCN(CC3CCCCC3)[C@@H](CCO)C2)nc1. The highest BCUT2D eigenvalue weighted by Gasteiger charge is 2.29. The second kappa shape index (κ2) is 8.46. The van der Waals surface area contributed by atoms with E-state index in [0.717, 1.165) is 37.8 Å². The van der Waals surface area contributed by atoms with Gasteiger partial charge in [0.05, 0.1) is 5.56 Å². The number of nitrogens with zero attached hydrogens (tertiary/aromatic N) is 4. The van der Waals surface area contributed by atoms with Gasteiger partial charge in [0.25, 0.3) is 0 Å². The normalized spacial score (nSPS) is 23.2. The Balaban J connectivity index is 1.62. The molecule has 1 saturated carbocycles. The third-order valence-electron chi connectivity index (χ3n) is 5.49. The highest BCUT2D eigenvalue weighted by molar-refractivity contribution is 5.42. The molecular formula is C19H28N4O. The number of piperazine rings is 1. The molecule has 130 valence electrons. The van der Waals surface area contributed by atoms with Crippen molar-refractivity contribution in [3.63, 3.8) is 0 Å². The molecule has 2 aliphatic rings. The molecule has 3 rings (SSSR count). The molecule has 0 bridgehead atoms. The van der Waals surface area contributed by atoms with Gasteiger partial charge in [-0.05, 0) is 37.3 Å². The Labute approximate surface area is 144 Å². The van der Waals surface area contributed by atoms with Crippen molar-refractivity contribution in [2.45, 2.75) is 44.6 Å². The molecule has 0 aromatic carbocycles. The van der Waals surface area contributed by atoms with E-state index < -0.39 is 0 Å². The van der Waals surface area contributed by atoms with Crippen LogP contribution in [0.2, 0.25) is 0 Å². The van der Waals surface area contributed by atoms with E-state index in [1.54, 1.807) is 6.20 Å². The maximum Gasteiger partial charge on any atom is 0.128 e. The molecule has 1 aromatic rings. The molecule has 2 fully saturated rings. The lowest BCUT2D eigenvalue weighted by atomic mass is 9.88. The van der Waals surface area contributed by atoms with Crippen LogP contribution < -0.4 is 4.90 Å². The van der Waals surface area contributed by atoms with E-state index in [9.17, 15) is 5.11 Å². The second-order valence-electron chi connectivity index (χ2n) is 7.13. The van der Waals surface area contributed by atoms with Crippen molar-refractivity contribution in [2.75, 3.05) is 37.7 Å². The molecule has 1 aliphatic carbocycles. The van der Waals surface area contributed by atoms with E-state index >= 15 is 0 Å². The van der Waals surface area contributed by atoms with E-state index in [2.05, 4.69) is 20.9 Å². The average molecular weight is 328 g/mol. The van der Waals surface area contributed by atoms with Gasteiger partial charge in [0.1, 0.15) is 11.9 Å². The fourth-order valence-electron chi connectivity index (χ4n) is 4.10. The number of pyridine rings is 1. The summed E-state index contributed by atoms with van der Waals surface area (Å²) < 4.78 is 0. The minimum absolute atomic E-state index is 0.237. The van der Waals surface area contributed by atoms with Crippen molar-refractivity contribution < 1.29 is 5.11 Å². The average Bonchev–Trinajstić information content (AvgIpc) is 2.64. The molecule has 1 atom stereocenters. The van der Waals surface area contributed by atoms with Crippen molar-refractivity contribution in [1.29, 1.82) is 5.26 Å². The van der Waals surface area contributed by atoms with Gasteiger partial charge in [-0.1, -0.05) is 19.3 Å². The summed E-state index contributed by atoms with van der Waals surface area (Å²) >= 11 is 0. The van der Waals surface area contributed by atoms with Crippen LogP contribution in [0.3, 0.4) is 0 Å². The fraction of sp³-hybridized carbons (Fsp3) is 0.684. The predicted molar refractivity (Wildman–Crippen MR) is 94.8 cm³/mol. The molecule has 5 heteroatoms. The number of aliphatic hydroxyl groups excluding tert-OH is 1. The first-order chi connectivity index (χ1) is 11.8. The standard InChI is InChI=1S/C19H28N4O/c20-12-17-6-7-19(21-13-17)23-10-9-22(18(15-23)8-11-24)14-16-4-2-1-3-5-16/h6-7,13,16,18,24H,1-5,8-11,14-15H2/t18-/m0/s1. The lowest BCUT2D eigenvalue weighted by Gasteiger charge is -2.43. The first-order valence-electron chi connectivity index (χ1n) is 9.26. The largest absolute Gasteiger partial charge is 0.396 e. The van der Waals surface area contributed by atoms with Crippen LogP contribution in [-0.4, -0.2) is 53.8 Å². The van der Waals surface area contributed by atoms with Gasteiger partial charge in [0.2, 0.25) is 0 Å². The van der Waals surface area contributed by atoms with Crippen molar-refractivity contribution in [1.82, 2.24) is 9.88 Å². The second-order valence-corrected chi connectivity index (χ2v) is 7.13. The third kappa shape index (κ3) is 4.25. The van der Waals surface area contributed by atoms with E-state index in [0.29, 0.717) is 11.6 Å². The summed E-state index contributed by atoms with van der Waals surface area (Å²) in [5.74, 6) is 1.77. The van der Waals surface area contributed by atoms with E-state index in [1.807, 2.05) is 12.1 Å². The van der Waals surface area contributed by atoms with E-state index in [1.165, 1.54) is 38.6 Å². The van der Waals surface area contributed by atoms with Crippen molar-refractivity contribution in [2.24, 2.45) is 5.92 Å². The number of nitriles is 1. The Morgan fingerprint density at radius 2 is 2.04 bits per heavy atom. The molecule has 5 nitrogen and oxygen atoms in total. The summed E-state index contributed by atoms with van der Waals surface area (Å²) in [6.07, 6.45) is 9.35. The van der Waals surface area contributed by atoms with Crippen LogP contribution in [0.4, 0.5) is 5.82 Å². The van der Waals surface area contributed by atoms with Gasteiger partial charge in [-0.25, -0.2) is 4.98 Å². The quantitative estimate of drug-likeness (QED) is 0.899. The Kier molecular flexibility index (Phi) is 6.06. The number of rotatable bonds is 5. The van der Waals surface area contributed by atoms with Crippen LogP contribution in [0.5, 0.6) is 0 Å². The van der Waals surface area contributed by atoms with Crippen LogP contribution >= 0.6 is 0 Å². The summed E-state index contributed by atoms with van der Waals surface area (Å²) in [7, 11) is 0. The summed E-state index contributed by atoms with van der Waals surface area (Å²) in [6.45, 7) is 4.32. The molecule has 1 aromatic heterocycles. The van der Waals surface area contributed by atoms with Crippen LogP contribution in [-0.2, 0) is 0 Å². The molecule has 0 spiro atoms. The van der Waals surface area contributed by atoms with Crippen LogP contribution in [0.1, 0.15) is 44.1 Å². The van der Waals surface area contributed by atoms with Crippen LogP contribution in [0.25, 0.3) is 0 Å². The maximum atomic E-state index is 9.47. The number of hydrogen-bond donors (Lipinski definition) is 1. The molecule has 0 amide bonds. The Morgan fingerprint density at radius 3 is 2.71 bits per heavy atom. The molecule has 0 unspecified atom stereocenters. The molecule has 2 heterocycles. The van der Waals surface area contributed by atoms with E-state index in [4.69, 9.17) is 5.26 Å². The number of anilines is 1. The van der Waals surface area contributed by atoms with Crippen molar-refractivity contribution in [3.8, 4) is 6.07 Å². The number of aliphatic hydroxyl groups is 1. The number of hydrogen-bond acceptors (Lipinski definition) is 5. The van der Waals surface area contributed by atoms with Crippen molar-refractivity contribution in [3.05, 3.63) is 23.9 Å². The lowest BCUT2D eigenvalue weighted by Crippen LogP contribution is -2.55. The minimum atomic E-state index is 0.237. The third-order valence-corrected chi connectivity index (χ3v) is 5.49. The van der Waals surface area contributed by atoms with Gasteiger partial charge in [-0.15, -0.1) is 0 Å². The summed E-state index contributed by atoms with van der Waals surface area (Å²) in [4.78, 5) is 9.31. The molecule has 1 saturated heterocycles. The van der Waals surface area contributed by atoms with Crippen LogP contribution in [0.15, 0.2) is 18.3 Å². The van der Waals surface area contributed by atoms with Gasteiger partial charge in [0.15, 0.2) is 0 Å². The molecule has 1 N–H and O–H groups in total. The minimum Gasteiger partial charge on any atom is -0.396 e. The monoisotopic (exact) mass is 328 g/mol. The fourth-order valence-corrected chi connectivity index (χ4v) is 4.10. The van der Waals surface area contributed by atoms with Gasteiger partial charge in [0, 0.05) is 45.0 Å². The smallest absolute Gasteiger partial charge is 0.128 e. The highest BCUT2D eigenvalue weighted by atomic mass is 16.3. The van der Waals surface area contributed by atoms with Gasteiger partial charge < -0.3 is 10.0 Å². The zero-order valence-corrected chi connectivity index (χ0v) is 14.4. The van der Waals surface area contributed by atoms with Gasteiger partial charge >= 0.3 is 0 Å². The zero-order chi connectivity index (χ0) is 16.8. The van der Waals surface area contributed by atoms with Crippen molar-refractivity contribution >= 4 is 5.82 Å². The first kappa shape index (κ1) is 17.2.